The number of anilines is 2. The zero-order valence-electron chi connectivity index (χ0n) is 14.4. The van der Waals surface area contributed by atoms with E-state index in [2.05, 4.69) is 4.90 Å². The fourth-order valence-corrected chi connectivity index (χ4v) is 3.06. The van der Waals surface area contributed by atoms with Crippen LogP contribution in [0.1, 0.15) is 35.2 Å². The summed E-state index contributed by atoms with van der Waals surface area (Å²) in [5.41, 5.74) is 13.5. The van der Waals surface area contributed by atoms with Crippen molar-refractivity contribution in [3.8, 4) is 5.75 Å². The molecule has 5 nitrogen and oxygen atoms in total. The molecule has 0 atom stereocenters. The Kier molecular flexibility index (Phi) is 5.56. The summed E-state index contributed by atoms with van der Waals surface area (Å²) in [6, 6.07) is 12.2. The third-order valence-electron chi connectivity index (χ3n) is 4.59. The van der Waals surface area contributed by atoms with Gasteiger partial charge in [-0.15, -0.1) is 0 Å². The lowest BCUT2D eigenvalue weighted by Crippen LogP contribution is -2.33. The van der Waals surface area contributed by atoms with Crippen LogP contribution in [-0.4, -0.2) is 36.9 Å². The average Bonchev–Trinajstić information content (AvgIpc) is 2.65. The summed E-state index contributed by atoms with van der Waals surface area (Å²) in [4.78, 5) is 14.9. The number of ketones is 1. The van der Waals surface area contributed by atoms with Gasteiger partial charge in [-0.05, 0) is 68.4 Å². The van der Waals surface area contributed by atoms with Crippen molar-refractivity contribution >= 4 is 17.2 Å². The standard InChI is InChI=1S/C20H25N3O2/c21-18-9-6-16(14-19(18)22)20(24)15-4-7-17(8-5-15)25-13-12-23-10-2-1-3-11-23/h4-9,14H,1-3,10-13,21-22H2. The molecule has 0 amide bonds. The summed E-state index contributed by atoms with van der Waals surface area (Å²) in [7, 11) is 0. The third-order valence-corrected chi connectivity index (χ3v) is 4.59. The average molecular weight is 339 g/mol. The molecule has 25 heavy (non-hydrogen) atoms. The van der Waals surface area contributed by atoms with E-state index in [0.717, 1.165) is 12.3 Å². The summed E-state index contributed by atoms with van der Waals surface area (Å²) in [5, 5.41) is 0. The van der Waals surface area contributed by atoms with Crippen LogP contribution in [0.4, 0.5) is 11.4 Å². The van der Waals surface area contributed by atoms with Crippen molar-refractivity contribution in [2.75, 3.05) is 37.7 Å². The minimum absolute atomic E-state index is 0.0773. The first kappa shape index (κ1) is 17.3. The number of hydrogen-bond acceptors (Lipinski definition) is 5. The lowest BCUT2D eigenvalue weighted by atomic mass is 10.0. The van der Waals surface area contributed by atoms with E-state index < -0.39 is 0 Å². The second-order valence-electron chi connectivity index (χ2n) is 6.45. The van der Waals surface area contributed by atoms with Crippen molar-refractivity contribution < 1.29 is 9.53 Å². The van der Waals surface area contributed by atoms with Crippen molar-refractivity contribution in [3.63, 3.8) is 0 Å². The number of nitrogens with two attached hydrogens (primary N) is 2. The van der Waals surface area contributed by atoms with Crippen molar-refractivity contribution in [1.29, 1.82) is 0 Å². The smallest absolute Gasteiger partial charge is 0.193 e. The van der Waals surface area contributed by atoms with Gasteiger partial charge in [-0.25, -0.2) is 0 Å². The van der Waals surface area contributed by atoms with Crippen LogP contribution in [0.25, 0.3) is 0 Å². The number of hydrogen-bond donors (Lipinski definition) is 2. The van der Waals surface area contributed by atoms with E-state index in [1.165, 1.54) is 32.4 Å². The van der Waals surface area contributed by atoms with Gasteiger partial charge in [-0.3, -0.25) is 9.69 Å². The van der Waals surface area contributed by atoms with Crippen LogP contribution in [0, 0.1) is 0 Å². The number of nitrogens with zero attached hydrogens (tertiary/aromatic N) is 1. The number of ether oxygens (including phenoxy) is 1. The molecule has 0 saturated carbocycles. The zero-order valence-corrected chi connectivity index (χ0v) is 14.4. The molecule has 4 N–H and O–H groups in total. The summed E-state index contributed by atoms with van der Waals surface area (Å²) >= 11 is 0. The minimum atomic E-state index is -0.0773. The number of benzene rings is 2. The number of rotatable bonds is 6. The molecule has 1 aliphatic rings. The molecule has 5 heteroatoms. The molecule has 0 unspecified atom stereocenters. The van der Waals surface area contributed by atoms with Gasteiger partial charge in [0.05, 0.1) is 11.4 Å². The normalized spacial score (nSPS) is 15.0. The molecule has 1 saturated heterocycles. The Morgan fingerprint density at radius 1 is 0.920 bits per heavy atom. The number of piperidine rings is 1. The number of likely N-dealkylation sites (tertiary alicyclic amines) is 1. The van der Waals surface area contributed by atoms with Gasteiger partial charge >= 0.3 is 0 Å². The number of carbonyl (C=O) groups excluding carboxylic acids is 1. The van der Waals surface area contributed by atoms with Gasteiger partial charge in [0.15, 0.2) is 5.78 Å². The monoisotopic (exact) mass is 339 g/mol. The van der Waals surface area contributed by atoms with E-state index in [9.17, 15) is 4.79 Å². The van der Waals surface area contributed by atoms with E-state index in [1.54, 1.807) is 30.3 Å². The number of carbonyl (C=O) groups is 1. The van der Waals surface area contributed by atoms with E-state index >= 15 is 0 Å². The second-order valence-corrected chi connectivity index (χ2v) is 6.45. The Labute approximate surface area is 148 Å². The molecule has 0 spiro atoms. The van der Waals surface area contributed by atoms with Crippen molar-refractivity contribution in [2.45, 2.75) is 19.3 Å². The van der Waals surface area contributed by atoms with Crippen LogP contribution < -0.4 is 16.2 Å². The zero-order chi connectivity index (χ0) is 17.6. The van der Waals surface area contributed by atoms with Crippen molar-refractivity contribution in [3.05, 3.63) is 53.6 Å². The summed E-state index contributed by atoms with van der Waals surface area (Å²) < 4.78 is 5.79. The van der Waals surface area contributed by atoms with Crippen molar-refractivity contribution in [1.82, 2.24) is 4.90 Å². The number of nitrogen functional groups attached to an aromatic ring is 2. The summed E-state index contributed by atoms with van der Waals surface area (Å²) in [5.74, 6) is 0.706. The van der Waals surface area contributed by atoms with Crippen LogP contribution >= 0.6 is 0 Å². The molecular weight excluding hydrogens is 314 g/mol. The Bertz CT molecular complexity index is 722. The highest BCUT2D eigenvalue weighted by atomic mass is 16.5. The molecule has 132 valence electrons. The highest BCUT2D eigenvalue weighted by Gasteiger charge is 2.11. The Morgan fingerprint density at radius 3 is 2.28 bits per heavy atom. The van der Waals surface area contributed by atoms with E-state index in [-0.39, 0.29) is 5.78 Å². The van der Waals surface area contributed by atoms with Gasteiger partial charge in [0.2, 0.25) is 0 Å². The maximum atomic E-state index is 12.5. The third kappa shape index (κ3) is 4.51. The largest absolute Gasteiger partial charge is 0.492 e. The summed E-state index contributed by atoms with van der Waals surface area (Å²) in [6.07, 6.45) is 3.91. The molecule has 2 aromatic carbocycles. The van der Waals surface area contributed by atoms with Crippen LogP contribution in [0.2, 0.25) is 0 Å². The van der Waals surface area contributed by atoms with Gasteiger partial charge in [-0.1, -0.05) is 6.42 Å². The van der Waals surface area contributed by atoms with Crippen LogP contribution in [0.3, 0.4) is 0 Å². The van der Waals surface area contributed by atoms with Gasteiger partial charge < -0.3 is 16.2 Å². The molecule has 3 rings (SSSR count). The van der Waals surface area contributed by atoms with Crippen molar-refractivity contribution in [2.24, 2.45) is 0 Å². The fraction of sp³-hybridized carbons (Fsp3) is 0.350. The van der Waals surface area contributed by atoms with E-state index in [1.807, 2.05) is 12.1 Å². The maximum absolute atomic E-state index is 12.5. The molecule has 0 radical (unpaired) electrons. The lowest BCUT2D eigenvalue weighted by Gasteiger charge is -2.26. The van der Waals surface area contributed by atoms with Crippen LogP contribution in [0.5, 0.6) is 5.75 Å². The fourth-order valence-electron chi connectivity index (χ4n) is 3.06. The second kappa shape index (κ2) is 8.03. The van der Waals surface area contributed by atoms with E-state index in [0.29, 0.717) is 29.1 Å². The predicted octanol–water partition coefficient (Wildman–Crippen LogP) is 2.95. The SMILES string of the molecule is Nc1ccc(C(=O)c2ccc(OCCN3CCCCC3)cc2)cc1N. The molecular formula is C20H25N3O2. The highest BCUT2D eigenvalue weighted by molar-refractivity contribution is 6.09. The van der Waals surface area contributed by atoms with Gasteiger partial charge in [-0.2, -0.15) is 0 Å². The summed E-state index contributed by atoms with van der Waals surface area (Å²) in [6.45, 7) is 3.95. The Morgan fingerprint density at radius 2 is 1.60 bits per heavy atom. The van der Waals surface area contributed by atoms with Gasteiger partial charge in [0.1, 0.15) is 12.4 Å². The Hall–Kier alpha value is -2.53. The molecule has 0 bridgehead atoms. The van der Waals surface area contributed by atoms with Gasteiger partial charge in [0, 0.05) is 17.7 Å². The molecule has 1 fully saturated rings. The highest BCUT2D eigenvalue weighted by Crippen LogP contribution is 2.20. The molecule has 0 aromatic heterocycles. The molecule has 2 aromatic rings. The predicted molar refractivity (Wildman–Crippen MR) is 101 cm³/mol. The van der Waals surface area contributed by atoms with Crippen LogP contribution in [-0.2, 0) is 0 Å². The topological polar surface area (TPSA) is 81.6 Å². The lowest BCUT2D eigenvalue weighted by molar-refractivity contribution is 0.103. The molecule has 1 aliphatic heterocycles. The first-order chi connectivity index (χ1) is 12.1. The first-order valence-electron chi connectivity index (χ1n) is 8.78. The molecule has 0 aliphatic carbocycles. The quantitative estimate of drug-likeness (QED) is 0.625. The van der Waals surface area contributed by atoms with Gasteiger partial charge in [0.25, 0.3) is 0 Å². The minimum Gasteiger partial charge on any atom is -0.492 e. The first-order valence-corrected chi connectivity index (χ1v) is 8.78. The maximum Gasteiger partial charge on any atom is 0.193 e. The van der Waals surface area contributed by atoms with E-state index in [4.69, 9.17) is 16.2 Å². The van der Waals surface area contributed by atoms with Crippen LogP contribution in [0.15, 0.2) is 42.5 Å². The molecule has 1 heterocycles. The Balaban J connectivity index is 1.55.